The molecule has 1 saturated heterocycles. The molecule has 0 spiro atoms. The van der Waals surface area contributed by atoms with Gasteiger partial charge in [-0.2, -0.15) is 4.98 Å². The molecule has 1 fully saturated rings. The van der Waals surface area contributed by atoms with Crippen LogP contribution in [0.4, 0.5) is 5.95 Å². The van der Waals surface area contributed by atoms with Gasteiger partial charge in [0.2, 0.25) is 5.95 Å². The van der Waals surface area contributed by atoms with Gasteiger partial charge in [-0.1, -0.05) is 11.6 Å². The second kappa shape index (κ2) is 6.41. The molecule has 3 heterocycles. The summed E-state index contributed by atoms with van der Waals surface area (Å²) in [7, 11) is 2.01. The SMILES string of the molecule is CNCC1CCN(c2n[nH]c(-c3ccncc3Cl)n2)CC1. The second-order valence-corrected chi connectivity index (χ2v) is 5.73. The number of pyridine rings is 1. The van der Waals surface area contributed by atoms with Gasteiger partial charge >= 0.3 is 0 Å². The van der Waals surface area contributed by atoms with Crippen LogP contribution in [-0.4, -0.2) is 46.8 Å². The van der Waals surface area contributed by atoms with Gasteiger partial charge in [0.05, 0.1) is 5.02 Å². The third-order valence-corrected chi connectivity index (χ3v) is 4.19. The number of aromatic nitrogens is 4. The standard InChI is InChI=1S/C14H19ClN6/c1-16-8-10-3-6-21(7-4-10)14-18-13(19-20-14)11-2-5-17-9-12(11)15/h2,5,9-10,16H,3-4,6-8H2,1H3,(H,18,19,20). The number of hydrogen-bond donors (Lipinski definition) is 2. The van der Waals surface area contributed by atoms with Crippen molar-refractivity contribution in [3.63, 3.8) is 0 Å². The summed E-state index contributed by atoms with van der Waals surface area (Å²) in [6.07, 6.45) is 5.65. The highest BCUT2D eigenvalue weighted by Crippen LogP contribution is 2.26. The van der Waals surface area contributed by atoms with E-state index < -0.39 is 0 Å². The molecule has 7 heteroatoms. The van der Waals surface area contributed by atoms with Crippen molar-refractivity contribution in [3.05, 3.63) is 23.5 Å². The maximum Gasteiger partial charge on any atom is 0.245 e. The van der Waals surface area contributed by atoms with Gasteiger partial charge in [-0.3, -0.25) is 10.1 Å². The summed E-state index contributed by atoms with van der Waals surface area (Å²) in [6, 6.07) is 1.84. The maximum atomic E-state index is 6.14. The lowest BCUT2D eigenvalue weighted by Gasteiger charge is -2.30. The van der Waals surface area contributed by atoms with E-state index in [2.05, 4.69) is 30.4 Å². The molecule has 0 aromatic carbocycles. The molecular formula is C14H19ClN6. The Morgan fingerprint density at radius 2 is 2.24 bits per heavy atom. The smallest absolute Gasteiger partial charge is 0.245 e. The zero-order valence-electron chi connectivity index (χ0n) is 12.0. The van der Waals surface area contributed by atoms with Gasteiger partial charge in [-0.25, -0.2) is 0 Å². The Morgan fingerprint density at radius 3 is 2.95 bits per heavy atom. The van der Waals surface area contributed by atoms with E-state index in [-0.39, 0.29) is 0 Å². The molecule has 0 radical (unpaired) electrons. The molecule has 2 aromatic heterocycles. The second-order valence-electron chi connectivity index (χ2n) is 5.33. The summed E-state index contributed by atoms with van der Waals surface area (Å²) in [4.78, 5) is 10.8. The van der Waals surface area contributed by atoms with Crippen LogP contribution in [0.2, 0.25) is 5.02 Å². The van der Waals surface area contributed by atoms with Gasteiger partial charge in [-0.05, 0) is 38.4 Å². The quantitative estimate of drug-likeness (QED) is 0.903. The van der Waals surface area contributed by atoms with Crippen LogP contribution >= 0.6 is 11.6 Å². The average molecular weight is 307 g/mol. The van der Waals surface area contributed by atoms with Crippen molar-refractivity contribution in [2.24, 2.45) is 5.92 Å². The van der Waals surface area contributed by atoms with Crippen molar-refractivity contribution in [2.75, 3.05) is 31.6 Å². The maximum absolute atomic E-state index is 6.14. The Bertz CT molecular complexity index is 591. The molecule has 1 aliphatic rings. The summed E-state index contributed by atoms with van der Waals surface area (Å²) < 4.78 is 0. The lowest BCUT2D eigenvalue weighted by molar-refractivity contribution is 0.391. The first-order chi connectivity index (χ1) is 10.3. The number of piperidine rings is 1. The fraction of sp³-hybridized carbons (Fsp3) is 0.500. The fourth-order valence-corrected chi connectivity index (χ4v) is 2.92. The number of rotatable bonds is 4. The Labute approximate surface area is 128 Å². The molecule has 0 atom stereocenters. The van der Waals surface area contributed by atoms with E-state index in [0.29, 0.717) is 10.8 Å². The van der Waals surface area contributed by atoms with E-state index >= 15 is 0 Å². The molecular weight excluding hydrogens is 288 g/mol. The third-order valence-electron chi connectivity index (χ3n) is 3.89. The van der Waals surface area contributed by atoms with E-state index in [1.165, 1.54) is 12.8 Å². The molecule has 21 heavy (non-hydrogen) atoms. The zero-order chi connectivity index (χ0) is 14.7. The van der Waals surface area contributed by atoms with Crippen molar-refractivity contribution in [1.82, 2.24) is 25.5 Å². The van der Waals surface area contributed by atoms with Crippen molar-refractivity contribution in [3.8, 4) is 11.4 Å². The molecule has 2 aromatic rings. The summed E-state index contributed by atoms with van der Waals surface area (Å²) >= 11 is 6.14. The number of nitrogens with zero attached hydrogens (tertiary/aromatic N) is 4. The first-order valence-electron chi connectivity index (χ1n) is 7.19. The van der Waals surface area contributed by atoms with Crippen LogP contribution < -0.4 is 10.2 Å². The van der Waals surface area contributed by atoms with Crippen LogP contribution in [0.15, 0.2) is 18.5 Å². The number of H-pyrrole nitrogens is 1. The zero-order valence-corrected chi connectivity index (χ0v) is 12.8. The van der Waals surface area contributed by atoms with Gasteiger partial charge in [0.25, 0.3) is 0 Å². The average Bonchev–Trinajstić information content (AvgIpc) is 2.98. The normalized spacial score (nSPS) is 16.4. The molecule has 3 rings (SSSR count). The van der Waals surface area contributed by atoms with E-state index in [0.717, 1.165) is 37.1 Å². The van der Waals surface area contributed by atoms with Crippen molar-refractivity contribution < 1.29 is 0 Å². The number of aromatic amines is 1. The van der Waals surface area contributed by atoms with E-state index in [9.17, 15) is 0 Å². The fourth-order valence-electron chi connectivity index (χ4n) is 2.71. The molecule has 0 unspecified atom stereocenters. The first-order valence-corrected chi connectivity index (χ1v) is 7.57. The van der Waals surface area contributed by atoms with Crippen molar-refractivity contribution in [1.29, 1.82) is 0 Å². The highest BCUT2D eigenvalue weighted by Gasteiger charge is 2.21. The summed E-state index contributed by atoms with van der Waals surface area (Å²) in [5, 5.41) is 11.1. The minimum Gasteiger partial charge on any atom is -0.340 e. The molecule has 6 nitrogen and oxygen atoms in total. The molecule has 0 bridgehead atoms. The number of nitrogens with one attached hydrogen (secondary N) is 2. The molecule has 2 N–H and O–H groups in total. The summed E-state index contributed by atoms with van der Waals surface area (Å²) in [5.41, 5.74) is 0.829. The van der Waals surface area contributed by atoms with Crippen molar-refractivity contribution >= 4 is 17.5 Å². The van der Waals surface area contributed by atoms with Crippen LogP contribution in [0.1, 0.15) is 12.8 Å². The van der Waals surface area contributed by atoms with Crippen LogP contribution in [0, 0.1) is 5.92 Å². The molecule has 1 aliphatic heterocycles. The van der Waals surface area contributed by atoms with Gasteiger partial charge in [0.1, 0.15) is 0 Å². The highest BCUT2D eigenvalue weighted by molar-refractivity contribution is 6.33. The Morgan fingerprint density at radius 1 is 1.43 bits per heavy atom. The molecule has 0 aliphatic carbocycles. The predicted molar refractivity (Wildman–Crippen MR) is 83.5 cm³/mol. The lowest BCUT2D eigenvalue weighted by atomic mass is 9.97. The number of hydrogen-bond acceptors (Lipinski definition) is 5. The monoisotopic (exact) mass is 306 g/mol. The highest BCUT2D eigenvalue weighted by atomic mass is 35.5. The van der Waals surface area contributed by atoms with E-state index in [1.807, 2.05) is 13.1 Å². The van der Waals surface area contributed by atoms with Gasteiger partial charge in [0, 0.05) is 31.0 Å². The largest absolute Gasteiger partial charge is 0.340 e. The van der Waals surface area contributed by atoms with Gasteiger partial charge in [-0.15, -0.1) is 5.10 Å². The van der Waals surface area contributed by atoms with Crippen LogP contribution in [-0.2, 0) is 0 Å². The Kier molecular flexibility index (Phi) is 4.36. The van der Waals surface area contributed by atoms with Crippen molar-refractivity contribution in [2.45, 2.75) is 12.8 Å². The first kappa shape index (κ1) is 14.3. The minimum atomic E-state index is 0.577. The number of anilines is 1. The van der Waals surface area contributed by atoms with Gasteiger partial charge in [0.15, 0.2) is 5.82 Å². The minimum absolute atomic E-state index is 0.577. The Balaban J connectivity index is 1.70. The number of halogens is 1. The molecule has 0 amide bonds. The summed E-state index contributed by atoms with van der Waals surface area (Å²) in [5.74, 6) is 2.19. The molecule has 112 valence electrons. The molecule has 0 saturated carbocycles. The Hall–Kier alpha value is -1.66. The lowest BCUT2D eigenvalue weighted by Crippen LogP contribution is -2.37. The third kappa shape index (κ3) is 3.16. The van der Waals surface area contributed by atoms with Crippen LogP contribution in [0.25, 0.3) is 11.4 Å². The van der Waals surface area contributed by atoms with E-state index in [4.69, 9.17) is 11.6 Å². The van der Waals surface area contributed by atoms with Crippen LogP contribution in [0.3, 0.4) is 0 Å². The van der Waals surface area contributed by atoms with Crippen LogP contribution in [0.5, 0.6) is 0 Å². The summed E-state index contributed by atoms with van der Waals surface area (Å²) in [6.45, 7) is 3.07. The van der Waals surface area contributed by atoms with E-state index in [1.54, 1.807) is 12.4 Å². The predicted octanol–water partition coefficient (Wildman–Crippen LogP) is 1.96. The van der Waals surface area contributed by atoms with Gasteiger partial charge < -0.3 is 10.2 Å². The topological polar surface area (TPSA) is 69.7 Å².